The second-order valence-electron chi connectivity index (χ2n) is 3.12. The minimum absolute atomic E-state index is 0.0522. The number of rotatable bonds is 7. The second-order valence-corrected chi connectivity index (χ2v) is 4.18. The fourth-order valence-electron chi connectivity index (χ4n) is 1.07. The highest BCUT2D eigenvalue weighted by atomic mass is 32.1. The van der Waals surface area contributed by atoms with Gasteiger partial charge in [-0.2, -0.15) is 0 Å². The molecule has 0 aliphatic rings. The van der Waals surface area contributed by atoms with Crippen molar-refractivity contribution in [2.45, 2.75) is 13.3 Å². The number of aromatic nitrogens is 1. The van der Waals surface area contributed by atoms with E-state index in [4.69, 9.17) is 9.47 Å². The van der Waals surface area contributed by atoms with Crippen molar-refractivity contribution < 1.29 is 14.3 Å². The summed E-state index contributed by atoms with van der Waals surface area (Å²) >= 11 is 1.55. The summed E-state index contributed by atoms with van der Waals surface area (Å²) in [6, 6.07) is 0. The van der Waals surface area contributed by atoms with Crippen LogP contribution in [-0.2, 0) is 20.7 Å². The molecule has 0 amide bonds. The van der Waals surface area contributed by atoms with Gasteiger partial charge in [0.05, 0.1) is 30.3 Å². The largest absolute Gasteiger partial charge is 0.382 e. The van der Waals surface area contributed by atoms with Gasteiger partial charge in [-0.05, 0) is 6.92 Å². The van der Waals surface area contributed by atoms with E-state index < -0.39 is 0 Å². The molecule has 0 aliphatic carbocycles. The van der Waals surface area contributed by atoms with Crippen LogP contribution in [0.25, 0.3) is 0 Å². The van der Waals surface area contributed by atoms with E-state index in [-0.39, 0.29) is 12.4 Å². The fourth-order valence-corrected chi connectivity index (χ4v) is 1.68. The van der Waals surface area contributed by atoms with Crippen LogP contribution in [0.1, 0.15) is 10.7 Å². The highest BCUT2D eigenvalue weighted by Gasteiger charge is 2.06. The summed E-state index contributed by atoms with van der Waals surface area (Å²) in [5.74, 6) is 0.0522. The molecule has 0 atom stereocenters. The van der Waals surface area contributed by atoms with Crippen LogP contribution in [0, 0.1) is 6.92 Å². The molecule has 0 bridgehead atoms. The summed E-state index contributed by atoms with van der Waals surface area (Å²) in [6.07, 6.45) is 0.358. The third-order valence-corrected chi connectivity index (χ3v) is 2.56. The lowest BCUT2D eigenvalue weighted by atomic mass is 10.2. The Kier molecular flexibility index (Phi) is 5.45. The van der Waals surface area contributed by atoms with Crippen molar-refractivity contribution in [3.05, 3.63) is 16.1 Å². The molecule has 1 heterocycles. The van der Waals surface area contributed by atoms with Crippen LogP contribution in [0.5, 0.6) is 0 Å². The average molecular weight is 229 g/mol. The lowest BCUT2D eigenvalue weighted by Gasteiger charge is -2.01. The van der Waals surface area contributed by atoms with Crippen molar-refractivity contribution in [3.8, 4) is 0 Å². The van der Waals surface area contributed by atoms with Gasteiger partial charge in [0.25, 0.3) is 0 Å². The topological polar surface area (TPSA) is 48.4 Å². The summed E-state index contributed by atoms with van der Waals surface area (Å²) in [4.78, 5) is 15.6. The van der Waals surface area contributed by atoms with Crippen LogP contribution < -0.4 is 0 Å². The Bertz CT molecular complexity index is 311. The molecule has 0 unspecified atom stereocenters. The van der Waals surface area contributed by atoms with Crippen molar-refractivity contribution in [3.63, 3.8) is 0 Å². The van der Waals surface area contributed by atoms with E-state index in [2.05, 4.69) is 4.98 Å². The normalized spacial score (nSPS) is 10.5. The van der Waals surface area contributed by atoms with Gasteiger partial charge in [0.15, 0.2) is 5.78 Å². The van der Waals surface area contributed by atoms with Gasteiger partial charge in [-0.15, -0.1) is 11.3 Å². The number of carbonyl (C=O) groups is 1. The molecule has 4 nitrogen and oxygen atoms in total. The molecule has 5 heteroatoms. The lowest BCUT2D eigenvalue weighted by molar-refractivity contribution is -0.123. The number of hydrogen-bond acceptors (Lipinski definition) is 5. The molecule has 1 rings (SSSR count). The first-order valence-electron chi connectivity index (χ1n) is 4.71. The third kappa shape index (κ3) is 5.01. The number of aryl methyl sites for hydroxylation is 1. The Labute approximate surface area is 93.2 Å². The lowest BCUT2D eigenvalue weighted by Crippen LogP contribution is -2.14. The van der Waals surface area contributed by atoms with E-state index in [9.17, 15) is 4.79 Å². The molecular formula is C10H15NO3S. The molecule has 0 saturated heterocycles. The summed E-state index contributed by atoms with van der Waals surface area (Å²) in [6.45, 7) is 3.04. The van der Waals surface area contributed by atoms with Gasteiger partial charge in [0, 0.05) is 12.5 Å². The standard InChI is InChI=1S/C10H15NO3S/c1-8-11-9(7-15-8)5-10(12)6-14-4-3-13-2/h7H,3-6H2,1-2H3. The highest BCUT2D eigenvalue weighted by molar-refractivity contribution is 7.09. The van der Waals surface area contributed by atoms with Gasteiger partial charge in [-0.25, -0.2) is 4.98 Å². The Morgan fingerprint density at radius 1 is 1.53 bits per heavy atom. The minimum atomic E-state index is 0.0522. The Hall–Kier alpha value is -0.780. The van der Waals surface area contributed by atoms with E-state index in [1.54, 1.807) is 18.4 Å². The van der Waals surface area contributed by atoms with E-state index in [0.29, 0.717) is 19.6 Å². The predicted molar refractivity (Wildman–Crippen MR) is 58.3 cm³/mol. The fraction of sp³-hybridized carbons (Fsp3) is 0.600. The minimum Gasteiger partial charge on any atom is -0.382 e. The summed E-state index contributed by atoms with van der Waals surface area (Å²) < 4.78 is 9.91. The summed E-state index contributed by atoms with van der Waals surface area (Å²) in [5, 5.41) is 2.89. The predicted octanol–water partition coefficient (Wildman–Crippen LogP) is 1.23. The zero-order chi connectivity index (χ0) is 11.1. The molecule has 0 radical (unpaired) electrons. The van der Waals surface area contributed by atoms with Crippen LogP contribution in [0.2, 0.25) is 0 Å². The molecule has 0 saturated carbocycles. The Morgan fingerprint density at radius 3 is 2.93 bits per heavy atom. The second kappa shape index (κ2) is 6.66. The first-order chi connectivity index (χ1) is 7.22. The first-order valence-corrected chi connectivity index (χ1v) is 5.59. The van der Waals surface area contributed by atoms with E-state index in [1.807, 2.05) is 12.3 Å². The molecular weight excluding hydrogens is 214 g/mol. The highest BCUT2D eigenvalue weighted by Crippen LogP contribution is 2.08. The van der Waals surface area contributed by atoms with E-state index in [0.717, 1.165) is 10.7 Å². The molecule has 0 N–H and O–H groups in total. The number of ether oxygens (including phenoxy) is 2. The van der Waals surface area contributed by atoms with Gasteiger partial charge in [-0.1, -0.05) is 0 Å². The Morgan fingerprint density at radius 2 is 2.33 bits per heavy atom. The van der Waals surface area contributed by atoms with Gasteiger partial charge in [0.1, 0.15) is 6.61 Å². The van der Waals surface area contributed by atoms with Crippen LogP contribution in [-0.4, -0.2) is 37.7 Å². The van der Waals surface area contributed by atoms with E-state index in [1.165, 1.54) is 0 Å². The van der Waals surface area contributed by atoms with Gasteiger partial charge < -0.3 is 9.47 Å². The molecule has 0 fully saturated rings. The number of Topliss-reactive ketones (excluding diaryl/α,β-unsaturated/α-hetero) is 1. The first kappa shape index (κ1) is 12.3. The van der Waals surface area contributed by atoms with Crippen molar-refractivity contribution >= 4 is 17.1 Å². The van der Waals surface area contributed by atoms with Gasteiger partial charge in [0.2, 0.25) is 0 Å². The number of hydrogen-bond donors (Lipinski definition) is 0. The number of methoxy groups -OCH3 is 1. The monoisotopic (exact) mass is 229 g/mol. The molecule has 1 aromatic rings. The summed E-state index contributed by atoms with van der Waals surface area (Å²) in [5.41, 5.74) is 0.831. The zero-order valence-corrected chi connectivity index (χ0v) is 9.80. The average Bonchev–Trinajstić information content (AvgIpc) is 2.59. The maximum Gasteiger partial charge on any atom is 0.164 e. The molecule has 0 aliphatic heterocycles. The van der Waals surface area contributed by atoms with Crippen molar-refractivity contribution in [1.29, 1.82) is 0 Å². The maximum absolute atomic E-state index is 11.4. The smallest absolute Gasteiger partial charge is 0.164 e. The molecule has 0 spiro atoms. The van der Waals surface area contributed by atoms with Crippen molar-refractivity contribution in [1.82, 2.24) is 4.98 Å². The van der Waals surface area contributed by atoms with Crippen molar-refractivity contribution in [2.24, 2.45) is 0 Å². The van der Waals surface area contributed by atoms with Crippen molar-refractivity contribution in [2.75, 3.05) is 26.9 Å². The van der Waals surface area contributed by atoms with Gasteiger partial charge in [-0.3, -0.25) is 4.79 Å². The number of thiazole rings is 1. The Balaban J connectivity index is 2.18. The molecule has 0 aromatic carbocycles. The van der Waals surface area contributed by atoms with Crippen LogP contribution in [0.15, 0.2) is 5.38 Å². The number of nitrogens with zero attached hydrogens (tertiary/aromatic N) is 1. The quantitative estimate of drug-likeness (QED) is 0.660. The summed E-state index contributed by atoms with van der Waals surface area (Å²) in [7, 11) is 1.60. The molecule has 84 valence electrons. The van der Waals surface area contributed by atoms with Gasteiger partial charge >= 0.3 is 0 Å². The van der Waals surface area contributed by atoms with Crippen LogP contribution >= 0.6 is 11.3 Å². The van der Waals surface area contributed by atoms with Crippen LogP contribution in [0.3, 0.4) is 0 Å². The third-order valence-electron chi connectivity index (χ3n) is 1.74. The number of carbonyl (C=O) groups excluding carboxylic acids is 1. The molecule has 15 heavy (non-hydrogen) atoms. The zero-order valence-electron chi connectivity index (χ0n) is 8.99. The number of ketones is 1. The van der Waals surface area contributed by atoms with Crippen LogP contribution in [0.4, 0.5) is 0 Å². The maximum atomic E-state index is 11.4. The molecule has 1 aromatic heterocycles. The van der Waals surface area contributed by atoms with E-state index >= 15 is 0 Å². The SMILES string of the molecule is COCCOCC(=O)Cc1csc(C)n1.